The maximum Gasteiger partial charge on any atom is 0.228 e. The molecule has 21 heavy (non-hydrogen) atoms. The van der Waals surface area contributed by atoms with Crippen LogP contribution in [0.15, 0.2) is 42.5 Å². The number of fused-ring (bicyclic) bond motifs is 1. The van der Waals surface area contributed by atoms with Gasteiger partial charge in [-0.3, -0.25) is 4.79 Å². The summed E-state index contributed by atoms with van der Waals surface area (Å²) in [6.45, 7) is 0. The molecule has 2 bridgehead atoms. The number of carboxylic acid groups (broad SMARTS) is 1. The van der Waals surface area contributed by atoms with Crippen LogP contribution in [-0.2, 0) is 9.59 Å². The molecule has 1 amide bonds. The minimum atomic E-state index is -1.09. The van der Waals surface area contributed by atoms with Gasteiger partial charge in [0.1, 0.15) is 0 Å². The minimum absolute atomic E-state index is 0.0310. The Bertz CT molecular complexity index is 624. The average molecular weight is 282 g/mol. The van der Waals surface area contributed by atoms with Gasteiger partial charge in [0.15, 0.2) is 0 Å². The first-order valence-electron chi connectivity index (χ1n) is 7.42. The second-order valence-corrected chi connectivity index (χ2v) is 6.33. The SMILES string of the molecule is O=C([O-])C1C2C=CC(C3CC23)C1C(=O)Nc1ccccc1. The smallest absolute Gasteiger partial charge is 0.228 e. The van der Waals surface area contributed by atoms with E-state index in [1.165, 1.54) is 0 Å². The number of allylic oxidation sites excluding steroid dienone is 2. The lowest BCUT2D eigenvalue weighted by Crippen LogP contribution is -2.52. The van der Waals surface area contributed by atoms with Crippen LogP contribution in [0.2, 0.25) is 0 Å². The maximum atomic E-state index is 12.6. The summed E-state index contributed by atoms with van der Waals surface area (Å²) < 4.78 is 0. The fraction of sp³-hybridized carbons (Fsp3) is 0.412. The van der Waals surface area contributed by atoms with E-state index in [0.717, 1.165) is 6.42 Å². The number of hydrogen-bond donors (Lipinski definition) is 1. The number of para-hydroxylation sites is 1. The number of aliphatic carboxylic acids is 1. The van der Waals surface area contributed by atoms with Crippen molar-refractivity contribution in [3.8, 4) is 0 Å². The van der Waals surface area contributed by atoms with Crippen LogP contribution in [0.25, 0.3) is 0 Å². The molecule has 6 unspecified atom stereocenters. The molecule has 1 aromatic carbocycles. The number of carbonyl (C=O) groups excluding carboxylic acids is 2. The van der Waals surface area contributed by atoms with E-state index >= 15 is 0 Å². The highest BCUT2D eigenvalue weighted by Crippen LogP contribution is 2.63. The summed E-state index contributed by atoms with van der Waals surface area (Å²) in [7, 11) is 0. The predicted octanol–water partition coefficient (Wildman–Crippen LogP) is 1.06. The van der Waals surface area contributed by atoms with Crippen molar-refractivity contribution in [3.63, 3.8) is 0 Å². The van der Waals surface area contributed by atoms with E-state index in [9.17, 15) is 14.7 Å². The molecule has 2 fully saturated rings. The number of hydrogen-bond acceptors (Lipinski definition) is 3. The molecule has 4 nitrogen and oxygen atoms in total. The van der Waals surface area contributed by atoms with Crippen LogP contribution in [0.3, 0.4) is 0 Å². The van der Waals surface area contributed by atoms with Gasteiger partial charge in [-0.1, -0.05) is 30.4 Å². The van der Waals surface area contributed by atoms with E-state index in [1.807, 2.05) is 42.5 Å². The van der Waals surface area contributed by atoms with E-state index in [1.54, 1.807) is 0 Å². The van der Waals surface area contributed by atoms with E-state index in [2.05, 4.69) is 5.32 Å². The van der Waals surface area contributed by atoms with Gasteiger partial charge in [-0.25, -0.2) is 0 Å². The summed E-state index contributed by atoms with van der Waals surface area (Å²) in [5.41, 5.74) is 0.706. The van der Waals surface area contributed by atoms with Crippen LogP contribution in [0.4, 0.5) is 5.69 Å². The van der Waals surface area contributed by atoms with E-state index < -0.39 is 17.8 Å². The molecule has 108 valence electrons. The zero-order valence-electron chi connectivity index (χ0n) is 11.4. The lowest BCUT2D eigenvalue weighted by Gasteiger charge is -2.44. The molecular formula is C17H16NO3-. The molecule has 1 N–H and O–H groups in total. The first-order valence-corrected chi connectivity index (χ1v) is 7.42. The lowest BCUT2D eigenvalue weighted by atomic mass is 9.62. The maximum absolute atomic E-state index is 12.6. The van der Waals surface area contributed by atoms with Crippen molar-refractivity contribution in [1.82, 2.24) is 0 Å². The summed E-state index contributed by atoms with van der Waals surface area (Å²) in [5, 5.41) is 14.4. The van der Waals surface area contributed by atoms with Gasteiger partial charge in [-0.2, -0.15) is 0 Å². The van der Waals surface area contributed by atoms with E-state index in [-0.39, 0.29) is 17.7 Å². The summed E-state index contributed by atoms with van der Waals surface area (Å²) in [5.74, 6) is -1.52. The normalized spacial score (nSPS) is 38.7. The van der Waals surface area contributed by atoms with Gasteiger partial charge in [0.05, 0.1) is 5.92 Å². The predicted molar refractivity (Wildman–Crippen MR) is 74.8 cm³/mol. The number of carboxylic acids is 1. The molecule has 0 spiro atoms. The van der Waals surface area contributed by atoms with Crippen molar-refractivity contribution < 1.29 is 14.7 Å². The summed E-state index contributed by atoms with van der Waals surface area (Å²) >= 11 is 0. The van der Waals surface area contributed by atoms with Gasteiger partial charge in [0.2, 0.25) is 5.91 Å². The fourth-order valence-electron chi connectivity index (χ4n) is 4.30. The molecule has 0 aromatic heterocycles. The monoisotopic (exact) mass is 282 g/mol. The molecule has 0 heterocycles. The Morgan fingerprint density at radius 1 is 1.00 bits per heavy atom. The molecule has 2 saturated carbocycles. The zero-order chi connectivity index (χ0) is 14.6. The average Bonchev–Trinajstić information content (AvgIpc) is 3.29. The lowest BCUT2D eigenvalue weighted by molar-refractivity contribution is -0.316. The Hall–Kier alpha value is -2.10. The number of rotatable bonds is 3. The van der Waals surface area contributed by atoms with Crippen LogP contribution in [0, 0.1) is 35.5 Å². The first kappa shape index (κ1) is 12.6. The van der Waals surface area contributed by atoms with Crippen molar-refractivity contribution >= 4 is 17.6 Å². The number of amides is 1. The Balaban J connectivity index is 1.62. The molecule has 4 aliphatic carbocycles. The molecule has 0 saturated heterocycles. The Morgan fingerprint density at radius 3 is 2.24 bits per heavy atom. The largest absolute Gasteiger partial charge is 0.550 e. The van der Waals surface area contributed by atoms with Crippen LogP contribution in [0.1, 0.15) is 6.42 Å². The second-order valence-electron chi connectivity index (χ2n) is 6.33. The van der Waals surface area contributed by atoms with Gasteiger partial charge in [-0.15, -0.1) is 0 Å². The van der Waals surface area contributed by atoms with Crippen LogP contribution in [0.5, 0.6) is 0 Å². The second kappa shape index (κ2) is 4.45. The van der Waals surface area contributed by atoms with Gasteiger partial charge in [-0.05, 0) is 42.2 Å². The molecule has 4 heteroatoms. The van der Waals surface area contributed by atoms with E-state index in [0.29, 0.717) is 17.5 Å². The highest BCUT2D eigenvalue weighted by atomic mass is 16.4. The quantitative estimate of drug-likeness (QED) is 0.843. The summed E-state index contributed by atoms with van der Waals surface area (Å²) in [6, 6.07) is 9.18. The zero-order valence-corrected chi connectivity index (χ0v) is 11.4. The molecule has 1 aromatic rings. The number of benzene rings is 1. The topological polar surface area (TPSA) is 69.2 Å². The summed E-state index contributed by atoms with van der Waals surface area (Å²) in [6.07, 6.45) is 5.08. The molecule has 4 aliphatic rings. The van der Waals surface area contributed by atoms with Gasteiger partial charge >= 0.3 is 0 Å². The molecule has 0 aliphatic heterocycles. The Morgan fingerprint density at radius 2 is 1.62 bits per heavy atom. The highest BCUT2D eigenvalue weighted by Gasteiger charge is 2.61. The fourth-order valence-corrected chi connectivity index (χ4v) is 4.30. The van der Waals surface area contributed by atoms with Crippen LogP contribution < -0.4 is 10.4 Å². The van der Waals surface area contributed by atoms with Gasteiger partial charge < -0.3 is 15.2 Å². The molecule has 0 radical (unpaired) electrons. The van der Waals surface area contributed by atoms with Crippen molar-refractivity contribution in [2.75, 3.05) is 5.32 Å². The number of nitrogens with one attached hydrogen (secondary N) is 1. The van der Waals surface area contributed by atoms with Crippen molar-refractivity contribution in [2.24, 2.45) is 35.5 Å². The number of carbonyl (C=O) groups is 2. The standard InChI is InChI=1S/C17H17NO3/c19-16(18-9-4-2-1-3-5-9)14-10-6-7-11(13-8-12(10)13)15(14)17(20)21/h1-7,10-15H,8H2,(H,18,19)(H,20,21)/p-1. The minimum Gasteiger partial charge on any atom is -0.550 e. The van der Waals surface area contributed by atoms with Gasteiger partial charge in [0.25, 0.3) is 0 Å². The number of anilines is 1. The third-order valence-electron chi connectivity index (χ3n) is 5.27. The van der Waals surface area contributed by atoms with Crippen LogP contribution in [-0.4, -0.2) is 11.9 Å². The van der Waals surface area contributed by atoms with Crippen molar-refractivity contribution in [1.29, 1.82) is 0 Å². The van der Waals surface area contributed by atoms with Crippen LogP contribution >= 0.6 is 0 Å². The van der Waals surface area contributed by atoms with Crippen molar-refractivity contribution in [2.45, 2.75) is 6.42 Å². The first-order chi connectivity index (χ1) is 10.2. The van der Waals surface area contributed by atoms with E-state index in [4.69, 9.17) is 0 Å². The summed E-state index contributed by atoms with van der Waals surface area (Å²) in [4.78, 5) is 24.2. The molecule has 5 rings (SSSR count). The van der Waals surface area contributed by atoms with Crippen molar-refractivity contribution in [3.05, 3.63) is 42.5 Å². The third kappa shape index (κ3) is 1.89. The Labute approximate surface area is 122 Å². The Kier molecular flexibility index (Phi) is 2.67. The van der Waals surface area contributed by atoms with Gasteiger partial charge in [0, 0.05) is 17.6 Å². The highest BCUT2D eigenvalue weighted by molar-refractivity contribution is 5.96. The third-order valence-corrected chi connectivity index (χ3v) is 5.27. The molecular weight excluding hydrogens is 266 g/mol. The molecule has 6 atom stereocenters.